The van der Waals surface area contributed by atoms with Gasteiger partial charge in [-0.05, 0) is 20.8 Å². The molecule has 1 saturated heterocycles. The number of rotatable bonds is 4. The van der Waals surface area contributed by atoms with Crippen molar-refractivity contribution in [2.45, 2.75) is 32.8 Å². The Morgan fingerprint density at radius 1 is 1.33 bits per heavy atom. The summed E-state index contributed by atoms with van der Waals surface area (Å²) in [5, 5.41) is 0. The summed E-state index contributed by atoms with van der Waals surface area (Å²) < 4.78 is 10.1. The molecule has 1 amide bonds. The topological polar surface area (TPSA) is 55.8 Å². The Morgan fingerprint density at radius 3 is 2.44 bits per heavy atom. The molecule has 6 heteroatoms. The molecule has 1 heterocycles. The molecule has 5 nitrogen and oxygen atoms in total. The molecule has 104 valence electrons. The molecule has 0 aliphatic carbocycles. The number of amides is 1. The van der Waals surface area contributed by atoms with Gasteiger partial charge in [0.05, 0.1) is 6.42 Å². The zero-order valence-corrected chi connectivity index (χ0v) is 12.0. The number of esters is 1. The van der Waals surface area contributed by atoms with Gasteiger partial charge in [0, 0.05) is 24.8 Å². The number of hydrogen-bond acceptors (Lipinski definition) is 5. The van der Waals surface area contributed by atoms with Gasteiger partial charge in [0.2, 0.25) is 0 Å². The van der Waals surface area contributed by atoms with E-state index in [0.717, 1.165) is 0 Å². The van der Waals surface area contributed by atoms with E-state index >= 15 is 0 Å². The lowest BCUT2D eigenvalue weighted by molar-refractivity contribution is -0.145. The third kappa shape index (κ3) is 5.16. The summed E-state index contributed by atoms with van der Waals surface area (Å²) in [7, 11) is 0. The first-order valence-corrected chi connectivity index (χ1v) is 6.69. The van der Waals surface area contributed by atoms with Gasteiger partial charge < -0.3 is 14.4 Å². The average Bonchev–Trinajstić information content (AvgIpc) is 2.16. The Hall–Kier alpha value is -0.910. The minimum absolute atomic E-state index is 0.185. The number of carbonyl (C=O) groups excluding carboxylic acids is 2. The first kappa shape index (κ1) is 15.1. The Balaban J connectivity index is 2.19. The van der Waals surface area contributed by atoms with Gasteiger partial charge >= 0.3 is 12.1 Å². The second-order valence-corrected chi connectivity index (χ2v) is 5.85. The van der Waals surface area contributed by atoms with E-state index in [2.05, 4.69) is 12.6 Å². The fourth-order valence-electron chi connectivity index (χ4n) is 1.63. The van der Waals surface area contributed by atoms with Crippen molar-refractivity contribution < 1.29 is 19.1 Å². The largest absolute Gasteiger partial charge is 0.465 e. The van der Waals surface area contributed by atoms with Crippen LogP contribution in [0.5, 0.6) is 0 Å². The quantitative estimate of drug-likeness (QED) is 0.627. The summed E-state index contributed by atoms with van der Waals surface area (Å²) in [6.45, 7) is 6.95. The van der Waals surface area contributed by atoms with Crippen LogP contribution in [0.4, 0.5) is 4.79 Å². The highest BCUT2D eigenvalue weighted by molar-refractivity contribution is 7.80. The standard InChI is InChI=1S/C12H21NO4S/c1-12(2,3)17-11(15)13-7-9(8-13)6-10(14)16-4-5-18/h9,18H,4-8H2,1-3H3. The second kappa shape index (κ2) is 6.31. The Labute approximate surface area is 113 Å². The van der Waals surface area contributed by atoms with Crippen molar-refractivity contribution in [2.75, 3.05) is 25.4 Å². The molecule has 0 aromatic rings. The molecule has 0 unspecified atom stereocenters. The van der Waals surface area contributed by atoms with Crippen molar-refractivity contribution in [2.24, 2.45) is 5.92 Å². The molecule has 1 aliphatic rings. The molecule has 0 bridgehead atoms. The third-order valence-corrected chi connectivity index (χ3v) is 2.60. The highest BCUT2D eigenvalue weighted by Gasteiger charge is 2.34. The van der Waals surface area contributed by atoms with Crippen LogP contribution < -0.4 is 0 Å². The summed E-state index contributed by atoms with van der Waals surface area (Å²) in [6, 6.07) is 0. The van der Waals surface area contributed by atoms with E-state index in [0.29, 0.717) is 31.9 Å². The van der Waals surface area contributed by atoms with Crippen molar-refractivity contribution in [1.29, 1.82) is 0 Å². The van der Waals surface area contributed by atoms with E-state index < -0.39 is 5.60 Å². The fraction of sp³-hybridized carbons (Fsp3) is 0.833. The van der Waals surface area contributed by atoms with Crippen LogP contribution in [-0.4, -0.2) is 48.0 Å². The molecule has 0 radical (unpaired) electrons. The molecule has 0 saturated carbocycles. The van der Waals surface area contributed by atoms with E-state index in [1.54, 1.807) is 4.90 Å². The molecule has 1 rings (SSSR count). The lowest BCUT2D eigenvalue weighted by Gasteiger charge is -2.39. The molecule has 0 atom stereocenters. The summed E-state index contributed by atoms with van der Waals surface area (Å²) in [6.07, 6.45) is 0.0371. The number of carbonyl (C=O) groups is 2. The minimum Gasteiger partial charge on any atom is -0.465 e. The van der Waals surface area contributed by atoms with Gasteiger partial charge in [-0.3, -0.25) is 4.79 Å². The van der Waals surface area contributed by atoms with Crippen LogP contribution in [0, 0.1) is 5.92 Å². The van der Waals surface area contributed by atoms with Crippen molar-refractivity contribution in [3.63, 3.8) is 0 Å². The van der Waals surface area contributed by atoms with Crippen LogP contribution in [0.2, 0.25) is 0 Å². The molecular formula is C12H21NO4S. The normalized spacial score (nSPS) is 16.1. The molecular weight excluding hydrogens is 254 g/mol. The maximum absolute atomic E-state index is 11.6. The first-order valence-electron chi connectivity index (χ1n) is 6.06. The van der Waals surface area contributed by atoms with Crippen molar-refractivity contribution in [3.05, 3.63) is 0 Å². The first-order chi connectivity index (χ1) is 8.31. The highest BCUT2D eigenvalue weighted by Crippen LogP contribution is 2.22. The van der Waals surface area contributed by atoms with E-state index in [-0.39, 0.29) is 18.0 Å². The van der Waals surface area contributed by atoms with Gasteiger partial charge in [0.1, 0.15) is 12.2 Å². The van der Waals surface area contributed by atoms with Crippen molar-refractivity contribution in [1.82, 2.24) is 4.90 Å². The van der Waals surface area contributed by atoms with Gasteiger partial charge in [-0.15, -0.1) is 0 Å². The monoisotopic (exact) mass is 275 g/mol. The number of ether oxygens (including phenoxy) is 2. The lowest BCUT2D eigenvalue weighted by atomic mass is 9.97. The molecule has 18 heavy (non-hydrogen) atoms. The van der Waals surface area contributed by atoms with E-state index in [4.69, 9.17) is 9.47 Å². The number of thiol groups is 1. The Bertz CT molecular complexity index is 308. The molecule has 1 aliphatic heterocycles. The predicted octanol–water partition coefficient (Wildman–Crippen LogP) is 1.72. The van der Waals surface area contributed by atoms with Crippen LogP contribution in [0.3, 0.4) is 0 Å². The maximum Gasteiger partial charge on any atom is 0.410 e. The Morgan fingerprint density at radius 2 is 1.94 bits per heavy atom. The maximum atomic E-state index is 11.6. The minimum atomic E-state index is -0.479. The van der Waals surface area contributed by atoms with Gasteiger partial charge in [-0.2, -0.15) is 12.6 Å². The SMILES string of the molecule is CC(C)(C)OC(=O)N1CC(CC(=O)OCCS)C1. The molecule has 0 N–H and O–H groups in total. The zero-order valence-electron chi connectivity index (χ0n) is 11.1. The van der Waals surface area contributed by atoms with Crippen molar-refractivity contribution in [3.8, 4) is 0 Å². The van der Waals surface area contributed by atoms with E-state index in [1.807, 2.05) is 20.8 Å². The summed E-state index contributed by atoms with van der Waals surface area (Å²) >= 11 is 3.96. The smallest absolute Gasteiger partial charge is 0.410 e. The second-order valence-electron chi connectivity index (χ2n) is 5.40. The van der Waals surface area contributed by atoms with Crippen molar-refractivity contribution >= 4 is 24.7 Å². The number of likely N-dealkylation sites (tertiary alicyclic amines) is 1. The highest BCUT2D eigenvalue weighted by atomic mass is 32.1. The van der Waals surface area contributed by atoms with E-state index in [9.17, 15) is 9.59 Å². The van der Waals surface area contributed by atoms with Gasteiger partial charge in [-0.1, -0.05) is 0 Å². The summed E-state index contributed by atoms with van der Waals surface area (Å²) in [4.78, 5) is 24.5. The van der Waals surface area contributed by atoms with Gasteiger partial charge in [0.15, 0.2) is 0 Å². The third-order valence-electron chi connectivity index (χ3n) is 2.42. The molecule has 0 aromatic heterocycles. The average molecular weight is 275 g/mol. The van der Waals surface area contributed by atoms with Crippen LogP contribution in [0.15, 0.2) is 0 Å². The molecule has 1 fully saturated rings. The predicted molar refractivity (Wildman–Crippen MR) is 70.7 cm³/mol. The van der Waals surface area contributed by atoms with Gasteiger partial charge in [0.25, 0.3) is 0 Å². The molecule has 0 aromatic carbocycles. The number of hydrogen-bond donors (Lipinski definition) is 1. The van der Waals surface area contributed by atoms with Crippen LogP contribution in [0.1, 0.15) is 27.2 Å². The lowest BCUT2D eigenvalue weighted by Crippen LogP contribution is -2.52. The summed E-state index contributed by atoms with van der Waals surface area (Å²) in [5.41, 5.74) is -0.479. The van der Waals surface area contributed by atoms with Crippen LogP contribution in [-0.2, 0) is 14.3 Å². The van der Waals surface area contributed by atoms with Crippen LogP contribution >= 0.6 is 12.6 Å². The fourth-order valence-corrected chi connectivity index (χ4v) is 1.72. The van der Waals surface area contributed by atoms with Crippen LogP contribution in [0.25, 0.3) is 0 Å². The summed E-state index contributed by atoms with van der Waals surface area (Å²) in [5.74, 6) is 0.489. The van der Waals surface area contributed by atoms with Gasteiger partial charge in [-0.25, -0.2) is 4.79 Å². The Kier molecular flexibility index (Phi) is 5.31. The number of nitrogens with zero attached hydrogens (tertiary/aromatic N) is 1. The molecule has 0 spiro atoms. The zero-order chi connectivity index (χ0) is 13.8. The van der Waals surface area contributed by atoms with E-state index in [1.165, 1.54) is 0 Å².